The molecule has 25 heavy (non-hydrogen) atoms. The number of rotatable bonds is 5. The second-order valence-electron chi connectivity index (χ2n) is 7.25. The van der Waals surface area contributed by atoms with Crippen LogP contribution in [0.25, 0.3) is 0 Å². The van der Waals surface area contributed by atoms with Crippen molar-refractivity contribution in [3.8, 4) is 0 Å². The quantitative estimate of drug-likeness (QED) is 0.629. The molecule has 132 valence electrons. The van der Waals surface area contributed by atoms with Gasteiger partial charge >= 0.3 is 0 Å². The Morgan fingerprint density at radius 3 is 2.32 bits per heavy atom. The third-order valence-electron chi connectivity index (χ3n) is 4.15. The largest absolute Gasteiger partial charge is 0.326 e. The monoisotopic (exact) mass is 340 g/mol. The van der Waals surface area contributed by atoms with Crippen LogP contribution in [0.15, 0.2) is 42.5 Å². The highest BCUT2D eigenvalue weighted by molar-refractivity contribution is 5.91. The summed E-state index contributed by atoms with van der Waals surface area (Å²) in [5.41, 5.74) is 3.49. The van der Waals surface area contributed by atoms with Crippen molar-refractivity contribution in [3.63, 3.8) is 0 Å². The molecule has 2 aromatic rings. The highest BCUT2D eigenvalue weighted by Crippen LogP contribution is 2.23. The van der Waals surface area contributed by atoms with Crippen LogP contribution < -0.4 is 5.32 Å². The molecule has 0 fully saturated rings. The summed E-state index contributed by atoms with van der Waals surface area (Å²) in [6.45, 7) is 8.16. The number of benzene rings is 2. The lowest BCUT2D eigenvalue weighted by Gasteiger charge is -2.19. The molecular formula is C20H24N2O3. The lowest BCUT2D eigenvalue weighted by atomic mass is 9.86. The molecule has 0 aliphatic rings. The fourth-order valence-corrected chi connectivity index (χ4v) is 2.54. The first-order chi connectivity index (χ1) is 11.7. The van der Waals surface area contributed by atoms with E-state index in [9.17, 15) is 14.9 Å². The number of carbonyl (C=O) groups is 1. The molecule has 1 N–H and O–H groups in total. The molecule has 0 unspecified atom stereocenters. The second-order valence-corrected chi connectivity index (χ2v) is 7.25. The van der Waals surface area contributed by atoms with Gasteiger partial charge in [-0.1, -0.05) is 51.1 Å². The number of aryl methyl sites for hydroxylation is 2. The Balaban J connectivity index is 1.95. The third-order valence-corrected chi connectivity index (χ3v) is 4.15. The van der Waals surface area contributed by atoms with Crippen molar-refractivity contribution in [2.45, 2.75) is 46.0 Å². The summed E-state index contributed by atoms with van der Waals surface area (Å²) in [6.07, 6.45) is 0.959. The molecule has 0 spiro atoms. The smallest absolute Gasteiger partial charge is 0.274 e. The summed E-state index contributed by atoms with van der Waals surface area (Å²) in [6, 6.07) is 13.0. The number of hydrogen-bond acceptors (Lipinski definition) is 3. The number of nitrogens with zero attached hydrogens (tertiary/aromatic N) is 1. The number of amides is 1. The summed E-state index contributed by atoms with van der Waals surface area (Å²) in [4.78, 5) is 22.6. The van der Waals surface area contributed by atoms with Crippen molar-refractivity contribution in [1.29, 1.82) is 0 Å². The van der Waals surface area contributed by atoms with Gasteiger partial charge in [0.05, 0.1) is 4.92 Å². The van der Waals surface area contributed by atoms with Crippen molar-refractivity contribution in [3.05, 3.63) is 69.3 Å². The van der Waals surface area contributed by atoms with Crippen molar-refractivity contribution in [1.82, 2.24) is 0 Å². The Kier molecular flexibility index (Phi) is 5.57. The van der Waals surface area contributed by atoms with E-state index in [4.69, 9.17) is 0 Å². The highest BCUT2D eigenvalue weighted by atomic mass is 16.6. The molecule has 0 bridgehead atoms. The number of hydrogen-bond donors (Lipinski definition) is 1. The average Bonchev–Trinajstić information content (AvgIpc) is 2.54. The van der Waals surface area contributed by atoms with Gasteiger partial charge in [0.25, 0.3) is 5.69 Å². The van der Waals surface area contributed by atoms with E-state index >= 15 is 0 Å². The van der Waals surface area contributed by atoms with Gasteiger partial charge in [-0.2, -0.15) is 0 Å². The van der Waals surface area contributed by atoms with Gasteiger partial charge < -0.3 is 5.32 Å². The molecule has 0 radical (unpaired) electrons. The van der Waals surface area contributed by atoms with Gasteiger partial charge in [-0.3, -0.25) is 14.9 Å². The Labute approximate surface area is 148 Å². The zero-order chi connectivity index (χ0) is 18.6. The zero-order valence-electron chi connectivity index (χ0n) is 15.1. The number of anilines is 1. The van der Waals surface area contributed by atoms with E-state index in [1.807, 2.05) is 12.1 Å². The molecule has 1 amide bonds. The zero-order valence-corrected chi connectivity index (χ0v) is 15.1. The SMILES string of the molecule is Cc1ccc(NC(=O)CCc2ccc(C(C)(C)C)cc2)cc1[N+](=O)[O-]. The molecule has 0 aliphatic heterocycles. The second kappa shape index (κ2) is 7.47. The van der Waals surface area contributed by atoms with Crippen LogP contribution in [0.4, 0.5) is 11.4 Å². The molecular weight excluding hydrogens is 316 g/mol. The Morgan fingerprint density at radius 1 is 1.12 bits per heavy atom. The van der Waals surface area contributed by atoms with E-state index in [-0.39, 0.29) is 17.0 Å². The van der Waals surface area contributed by atoms with E-state index in [1.54, 1.807) is 19.1 Å². The number of nitro groups is 1. The maximum Gasteiger partial charge on any atom is 0.274 e. The summed E-state index contributed by atoms with van der Waals surface area (Å²) >= 11 is 0. The Morgan fingerprint density at radius 2 is 1.76 bits per heavy atom. The van der Waals surface area contributed by atoms with Crippen LogP contribution in [0.5, 0.6) is 0 Å². The summed E-state index contributed by atoms with van der Waals surface area (Å²) in [7, 11) is 0. The molecule has 2 aromatic carbocycles. The van der Waals surface area contributed by atoms with E-state index in [2.05, 4.69) is 38.2 Å². The summed E-state index contributed by atoms with van der Waals surface area (Å²) < 4.78 is 0. The van der Waals surface area contributed by atoms with E-state index in [0.717, 1.165) is 5.56 Å². The normalized spacial score (nSPS) is 11.2. The van der Waals surface area contributed by atoms with E-state index in [1.165, 1.54) is 11.6 Å². The number of nitro benzene ring substituents is 1. The van der Waals surface area contributed by atoms with Crippen molar-refractivity contribution >= 4 is 17.3 Å². The van der Waals surface area contributed by atoms with Gasteiger partial charge in [0, 0.05) is 23.7 Å². The summed E-state index contributed by atoms with van der Waals surface area (Å²) in [5.74, 6) is -0.155. The van der Waals surface area contributed by atoms with Crippen LogP contribution in [-0.2, 0) is 16.6 Å². The highest BCUT2D eigenvalue weighted by Gasteiger charge is 2.14. The van der Waals surface area contributed by atoms with Gasteiger partial charge in [-0.15, -0.1) is 0 Å². The predicted octanol–water partition coefficient (Wildman–Crippen LogP) is 4.77. The number of nitrogens with one attached hydrogen (secondary N) is 1. The minimum Gasteiger partial charge on any atom is -0.326 e. The predicted molar refractivity (Wildman–Crippen MR) is 99.9 cm³/mol. The minimum absolute atomic E-state index is 0.00979. The lowest BCUT2D eigenvalue weighted by Crippen LogP contribution is -2.13. The molecule has 0 aromatic heterocycles. The fourth-order valence-electron chi connectivity index (χ4n) is 2.54. The fraction of sp³-hybridized carbons (Fsp3) is 0.350. The van der Waals surface area contributed by atoms with Gasteiger partial charge in [0.15, 0.2) is 0 Å². The molecule has 0 heterocycles. The third kappa shape index (κ3) is 5.14. The van der Waals surface area contributed by atoms with Crippen LogP contribution in [-0.4, -0.2) is 10.8 Å². The lowest BCUT2D eigenvalue weighted by molar-refractivity contribution is -0.385. The molecule has 5 nitrogen and oxygen atoms in total. The van der Waals surface area contributed by atoms with Crippen LogP contribution in [0.1, 0.15) is 43.9 Å². The average molecular weight is 340 g/mol. The van der Waals surface area contributed by atoms with Gasteiger partial charge in [0.2, 0.25) is 5.91 Å². The maximum atomic E-state index is 12.1. The molecule has 0 aliphatic carbocycles. The van der Waals surface area contributed by atoms with Crippen molar-refractivity contribution < 1.29 is 9.72 Å². The van der Waals surface area contributed by atoms with E-state index in [0.29, 0.717) is 24.1 Å². The molecule has 0 saturated carbocycles. The van der Waals surface area contributed by atoms with Crippen LogP contribution in [0.3, 0.4) is 0 Å². The van der Waals surface area contributed by atoms with Crippen molar-refractivity contribution in [2.24, 2.45) is 0 Å². The van der Waals surface area contributed by atoms with Gasteiger partial charge in [-0.25, -0.2) is 0 Å². The van der Waals surface area contributed by atoms with Gasteiger partial charge in [-0.05, 0) is 36.0 Å². The minimum atomic E-state index is -0.443. The maximum absolute atomic E-state index is 12.1. The van der Waals surface area contributed by atoms with Crippen LogP contribution in [0.2, 0.25) is 0 Å². The van der Waals surface area contributed by atoms with Crippen molar-refractivity contribution in [2.75, 3.05) is 5.32 Å². The Bertz CT molecular complexity index is 775. The first-order valence-electron chi connectivity index (χ1n) is 8.31. The topological polar surface area (TPSA) is 72.2 Å². The molecule has 5 heteroatoms. The molecule has 0 saturated heterocycles. The Hall–Kier alpha value is -2.69. The first-order valence-corrected chi connectivity index (χ1v) is 8.31. The first kappa shape index (κ1) is 18.6. The van der Waals surface area contributed by atoms with E-state index < -0.39 is 4.92 Å². The molecule has 2 rings (SSSR count). The van der Waals surface area contributed by atoms with Gasteiger partial charge in [0.1, 0.15) is 0 Å². The van der Waals surface area contributed by atoms with Crippen LogP contribution in [0, 0.1) is 17.0 Å². The molecule has 0 atom stereocenters. The summed E-state index contributed by atoms with van der Waals surface area (Å²) in [5, 5.41) is 13.7. The van der Waals surface area contributed by atoms with Crippen LogP contribution >= 0.6 is 0 Å². The number of carbonyl (C=O) groups excluding carboxylic acids is 1. The standard InChI is InChI=1S/C20H24N2O3/c1-14-5-11-17(13-18(14)22(24)25)21-19(23)12-8-15-6-9-16(10-7-15)20(2,3)4/h5-7,9-11,13H,8,12H2,1-4H3,(H,21,23).